The maximum Gasteiger partial charge on any atom is 0.243 e. The predicted molar refractivity (Wildman–Crippen MR) is 293 cm³/mol. The van der Waals surface area contributed by atoms with Gasteiger partial charge in [-0.3, -0.25) is 0 Å². The van der Waals surface area contributed by atoms with Gasteiger partial charge in [-0.15, -0.1) is 0 Å². The molecule has 0 spiro atoms. The Bertz CT molecular complexity index is 1000. The molecule has 0 fully saturated rings. The van der Waals surface area contributed by atoms with E-state index in [1.165, 1.54) is 295 Å². The summed E-state index contributed by atoms with van der Waals surface area (Å²) in [5.41, 5.74) is 0. The van der Waals surface area contributed by atoms with E-state index >= 15 is 0 Å². The maximum atomic E-state index is 4.10. The van der Waals surface area contributed by atoms with E-state index in [-0.39, 0.29) is 12.4 Å². The van der Waals surface area contributed by atoms with E-state index in [1.54, 1.807) is 0 Å². The molecule has 394 valence electrons. The van der Waals surface area contributed by atoms with E-state index in [4.69, 9.17) is 0 Å². The normalized spacial score (nSPS) is 12.7. The number of hydrogen-bond acceptors (Lipinski definition) is 1. The Balaban J connectivity index is 0.0000422. The summed E-state index contributed by atoms with van der Waals surface area (Å²) in [6, 6.07) is 0.695. The Hall–Kier alpha value is -0.540. The van der Waals surface area contributed by atoms with Crippen molar-refractivity contribution in [2.75, 3.05) is 6.54 Å². The number of nitrogens with one attached hydrogen (secondary N) is 1. The van der Waals surface area contributed by atoms with Crippen LogP contribution in [0.2, 0.25) is 0 Å². The summed E-state index contributed by atoms with van der Waals surface area (Å²) >= 11 is 0. The smallest absolute Gasteiger partial charge is 0.243 e. The molecule has 66 heavy (non-hydrogen) atoms. The number of rotatable bonds is 54. The molecule has 1 heterocycles. The molecular weight excluding hydrogens is 822 g/mol. The second-order valence-corrected chi connectivity index (χ2v) is 22.6. The summed E-state index contributed by atoms with van der Waals surface area (Å²) in [6.45, 7) is 17.7. The van der Waals surface area contributed by atoms with Gasteiger partial charge in [-0.25, -0.2) is 9.13 Å². The summed E-state index contributed by atoms with van der Waals surface area (Å²) < 4.78 is 4.77. The third-order valence-corrected chi connectivity index (χ3v) is 15.4. The van der Waals surface area contributed by atoms with Crippen molar-refractivity contribution in [1.29, 1.82) is 0 Å². The molecule has 0 amide bonds. The lowest BCUT2D eigenvalue weighted by molar-refractivity contribution is -0.696. The quantitative estimate of drug-likeness (QED) is 0.0510. The standard InChI is InChI=1S/C62H124N3.ClH/c1-7-10-13-15-17-19-21-23-25-27-29-31-33-35-37-39-47-61(48-40-38-36-34-32-30-28-26-24-22-20-18-16-14-11-8-2)49-41-42-50-62(52-51-60(6)46-43-45-59(4)5)63-53-44-55-65-57-56-64(58-65)54-12-9-3;/h56-63H,7-55H2,1-6H3;1H/q+1;/p-1. The van der Waals surface area contributed by atoms with Gasteiger partial charge in [0.2, 0.25) is 6.33 Å². The summed E-state index contributed by atoms with van der Waals surface area (Å²) in [6.07, 6.45) is 73.4. The van der Waals surface area contributed by atoms with Crippen LogP contribution in [-0.2, 0) is 13.1 Å². The van der Waals surface area contributed by atoms with E-state index in [0.717, 1.165) is 37.4 Å². The molecule has 0 saturated heterocycles. The van der Waals surface area contributed by atoms with Gasteiger partial charge >= 0.3 is 0 Å². The Morgan fingerprint density at radius 3 is 1.21 bits per heavy atom. The number of unbranched alkanes of at least 4 members (excludes halogenated alkanes) is 32. The van der Waals surface area contributed by atoms with E-state index < -0.39 is 0 Å². The average Bonchev–Trinajstić information content (AvgIpc) is 3.76. The number of hydrogen-bond donors (Lipinski definition) is 1. The van der Waals surface area contributed by atoms with Gasteiger partial charge < -0.3 is 17.7 Å². The Labute approximate surface area is 424 Å². The highest BCUT2D eigenvalue weighted by Crippen LogP contribution is 2.26. The molecule has 0 saturated carbocycles. The van der Waals surface area contributed by atoms with Gasteiger partial charge in [0, 0.05) is 6.04 Å². The first-order valence-electron chi connectivity index (χ1n) is 30.8. The first-order chi connectivity index (χ1) is 32.0. The fraction of sp³-hybridized carbons (Fsp3) is 0.952. The van der Waals surface area contributed by atoms with Crippen molar-refractivity contribution in [3.05, 3.63) is 18.7 Å². The van der Waals surface area contributed by atoms with Gasteiger partial charge in [0.25, 0.3) is 0 Å². The van der Waals surface area contributed by atoms with Crippen LogP contribution in [0.5, 0.6) is 0 Å². The highest BCUT2D eigenvalue weighted by atomic mass is 35.5. The fourth-order valence-electron chi connectivity index (χ4n) is 10.7. The number of nitrogens with zero attached hydrogens (tertiary/aromatic N) is 2. The first-order valence-corrected chi connectivity index (χ1v) is 30.8. The van der Waals surface area contributed by atoms with Crippen molar-refractivity contribution in [1.82, 2.24) is 9.88 Å². The highest BCUT2D eigenvalue weighted by Gasteiger charge is 2.14. The van der Waals surface area contributed by atoms with Crippen LogP contribution in [0.3, 0.4) is 0 Å². The molecule has 1 aromatic heterocycles. The first kappa shape index (κ1) is 65.5. The molecule has 3 nitrogen and oxygen atoms in total. The van der Waals surface area contributed by atoms with Crippen LogP contribution >= 0.6 is 0 Å². The molecule has 0 bridgehead atoms. The summed E-state index contributed by atoms with van der Waals surface area (Å²) in [5.74, 6) is 2.68. The molecule has 1 rings (SSSR count). The van der Waals surface area contributed by atoms with Crippen LogP contribution in [-0.4, -0.2) is 17.2 Å². The monoisotopic (exact) mass is 946 g/mol. The Kier molecular flexibility index (Phi) is 51.9. The van der Waals surface area contributed by atoms with Crippen LogP contribution in [0.25, 0.3) is 0 Å². The van der Waals surface area contributed by atoms with Crippen molar-refractivity contribution in [2.45, 2.75) is 356 Å². The lowest BCUT2D eigenvalue weighted by atomic mass is 9.88. The average molecular weight is 947 g/mol. The van der Waals surface area contributed by atoms with Crippen LogP contribution < -0.4 is 22.3 Å². The number of halogens is 1. The van der Waals surface area contributed by atoms with Crippen molar-refractivity contribution in [2.24, 2.45) is 17.8 Å². The molecule has 2 atom stereocenters. The summed E-state index contributed by atoms with van der Waals surface area (Å²) in [7, 11) is 0. The van der Waals surface area contributed by atoms with Gasteiger partial charge in [-0.05, 0) is 56.4 Å². The molecular formula is C62H124ClN3. The predicted octanol–water partition coefficient (Wildman–Crippen LogP) is 17.7. The van der Waals surface area contributed by atoms with E-state index in [0.29, 0.717) is 6.04 Å². The van der Waals surface area contributed by atoms with Gasteiger partial charge in [-0.2, -0.15) is 0 Å². The molecule has 0 radical (unpaired) electrons. The largest absolute Gasteiger partial charge is 1.00 e. The van der Waals surface area contributed by atoms with E-state index in [2.05, 4.69) is 74.7 Å². The molecule has 0 aromatic carbocycles. The SMILES string of the molecule is CCCCCCCCCCCCCCCCCCC(CCCCCCCCCCCCCCCCCC)CCCCC(CCC(C)CCCC(C)C)NCCC[n+]1ccn(CCCC)c1.[Cl-]. The molecule has 2 unspecified atom stereocenters. The highest BCUT2D eigenvalue weighted by molar-refractivity contribution is 4.71. The molecule has 0 aliphatic rings. The second kappa shape index (κ2) is 52.3. The van der Waals surface area contributed by atoms with Crippen molar-refractivity contribution in [3.63, 3.8) is 0 Å². The van der Waals surface area contributed by atoms with Crippen LogP contribution in [0.4, 0.5) is 0 Å². The maximum absolute atomic E-state index is 4.10. The number of imidazole rings is 1. The molecule has 0 aliphatic heterocycles. The molecule has 1 N–H and O–H groups in total. The minimum absolute atomic E-state index is 0. The van der Waals surface area contributed by atoms with Crippen molar-refractivity contribution >= 4 is 0 Å². The van der Waals surface area contributed by atoms with Gasteiger partial charge in [0.1, 0.15) is 12.4 Å². The summed E-state index contributed by atoms with van der Waals surface area (Å²) in [4.78, 5) is 0. The second-order valence-electron chi connectivity index (χ2n) is 22.6. The zero-order valence-electron chi connectivity index (χ0n) is 46.5. The molecule has 4 heteroatoms. The Morgan fingerprint density at radius 1 is 0.394 bits per heavy atom. The van der Waals surface area contributed by atoms with Gasteiger partial charge in [0.05, 0.1) is 13.1 Å². The third-order valence-electron chi connectivity index (χ3n) is 15.4. The lowest BCUT2D eigenvalue weighted by Gasteiger charge is -2.22. The third kappa shape index (κ3) is 45.9. The zero-order valence-corrected chi connectivity index (χ0v) is 47.2. The van der Waals surface area contributed by atoms with Crippen molar-refractivity contribution in [3.8, 4) is 0 Å². The van der Waals surface area contributed by atoms with Crippen LogP contribution in [0.1, 0.15) is 337 Å². The topological polar surface area (TPSA) is 20.8 Å². The minimum Gasteiger partial charge on any atom is -1.00 e. The van der Waals surface area contributed by atoms with Gasteiger partial charge in [-0.1, -0.05) is 305 Å². The van der Waals surface area contributed by atoms with Crippen LogP contribution in [0, 0.1) is 17.8 Å². The Morgan fingerprint density at radius 2 is 0.788 bits per heavy atom. The summed E-state index contributed by atoms with van der Waals surface area (Å²) in [5, 5.41) is 4.10. The molecule has 0 aliphatic carbocycles. The van der Waals surface area contributed by atoms with Gasteiger partial charge in [0.15, 0.2) is 0 Å². The number of aromatic nitrogens is 2. The van der Waals surface area contributed by atoms with Crippen LogP contribution in [0.15, 0.2) is 18.7 Å². The lowest BCUT2D eigenvalue weighted by Crippen LogP contribution is -3.00. The minimum atomic E-state index is 0. The van der Waals surface area contributed by atoms with E-state index in [9.17, 15) is 0 Å². The fourth-order valence-corrected chi connectivity index (χ4v) is 10.7. The van der Waals surface area contributed by atoms with E-state index in [1.807, 2.05) is 0 Å². The molecule has 1 aromatic rings. The van der Waals surface area contributed by atoms with Crippen molar-refractivity contribution < 1.29 is 17.0 Å². The number of aryl methyl sites for hydroxylation is 2. The zero-order chi connectivity index (χ0) is 46.9.